The predicted octanol–water partition coefficient (Wildman–Crippen LogP) is 0.495. The van der Waals surface area contributed by atoms with Crippen LogP contribution in [0.1, 0.15) is 0 Å². The van der Waals surface area contributed by atoms with Gasteiger partial charge in [-0.2, -0.15) is 4.80 Å². The van der Waals surface area contributed by atoms with E-state index in [-0.39, 0.29) is 21.0 Å². The van der Waals surface area contributed by atoms with Crippen LogP contribution in [0.25, 0.3) is 0 Å². The SMILES string of the molecule is Cn1nnc(NS(=O)(=O)c2cc(Br)c(F)cc2N)n1. The van der Waals surface area contributed by atoms with Crippen molar-refractivity contribution in [3.63, 3.8) is 0 Å². The van der Waals surface area contributed by atoms with Gasteiger partial charge in [-0.25, -0.2) is 17.5 Å². The number of sulfonamides is 1. The Morgan fingerprint density at radius 3 is 2.74 bits per heavy atom. The summed E-state index contributed by atoms with van der Waals surface area (Å²) in [4.78, 5) is 0.801. The number of aryl methyl sites for hydroxylation is 1. The summed E-state index contributed by atoms with van der Waals surface area (Å²) in [6.07, 6.45) is 0. The molecule has 19 heavy (non-hydrogen) atoms. The first-order valence-electron chi connectivity index (χ1n) is 4.81. The van der Waals surface area contributed by atoms with Crippen molar-refractivity contribution in [1.29, 1.82) is 0 Å². The highest BCUT2D eigenvalue weighted by Gasteiger charge is 2.21. The highest BCUT2D eigenvalue weighted by atomic mass is 79.9. The molecule has 0 saturated heterocycles. The van der Waals surface area contributed by atoms with Crippen LogP contribution in [0.5, 0.6) is 0 Å². The van der Waals surface area contributed by atoms with Gasteiger partial charge in [0.25, 0.3) is 16.0 Å². The van der Waals surface area contributed by atoms with E-state index in [2.05, 4.69) is 36.1 Å². The van der Waals surface area contributed by atoms with E-state index in [1.54, 1.807) is 0 Å². The first-order chi connectivity index (χ1) is 8.79. The second-order valence-electron chi connectivity index (χ2n) is 3.51. The highest BCUT2D eigenvalue weighted by molar-refractivity contribution is 9.10. The van der Waals surface area contributed by atoms with Gasteiger partial charge in [0, 0.05) is 0 Å². The second kappa shape index (κ2) is 4.74. The van der Waals surface area contributed by atoms with Crippen LogP contribution in [-0.4, -0.2) is 28.6 Å². The molecule has 3 N–H and O–H groups in total. The van der Waals surface area contributed by atoms with Crippen LogP contribution in [0, 0.1) is 5.82 Å². The highest BCUT2D eigenvalue weighted by Crippen LogP contribution is 2.26. The average molecular weight is 351 g/mol. The number of tetrazole rings is 1. The van der Waals surface area contributed by atoms with Crippen LogP contribution in [0.15, 0.2) is 21.5 Å². The number of nitrogen functional groups attached to an aromatic ring is 1. The van der Waals surface area contributed by atoms with Crippen molar-refractivity contribution in [1.82, 2.24) is 20.2 Å². The van der Waals surface area contributed by atoms with Crippen molar-refractivity contribution in [2.24, 2.45) is 7.05 Å². The Labute approximate surface area is 116 Å². The van der Waals surface area contributed by atoms with Crippen molar-refractivity contribution in [3.8, 4) is 0 Å². The monoisotopic (exact) mass is 350 g/mol. The van der Waals surface area contributed by atoms with Gasteiger partial charge in [0.15, 0.2) is 0 Å². The van der Waals surface area contributed by atoms with Gasteiger partial charge in [0.2, 0.25) is 0 Å². The van der Waals surface area contributed by atoms with Gasteiger partial charge in [-0.05, 0) is 33.3 Å². The molecule has 2 aromatic rings. The lowest BCUT2D eigenvalue weighted by molar-refractivity contribution is 0.599. The van der Waals surface area contributed by atoms with Crippen LogP contribution in [-0.2, 0) is 17.1 Å². The van der Waals surface area contributed by atoms with Crippen LogP contribution >= 0.6 is 15.9 Å². The molecule has 8 nitrogen and oxygen atoms in total. The van der Waals surface area contributed by atoms with Gasteiger partial charge >= 0.3 is 0 Å². The van der Waals surface area contributed by atoms with Crippen molar-refractivity contribution in [2.75, 3.05) is 10.5 Å². The van der Waals surface area contributed by atoms with E-state index < -0.39 is 15.8 Å². The molecule has 0 aliphatic carbocycles. The number of nitrogens with one attached hydrogen (secondary N) is 1. The fourth-order valence-electron chi connectivity index (χ4n) is 1.28. The Hall–Kier alpha value is -1.75. The quantitative estimate of drug-likeness (QED) is 0.778. The fourth-order valence-corrected chi connectivity index (χ4v) is 2.85. The lowest BCUT2D eigenvalue weighted by atomic mass is 10.3. The number of benzene rings is 1. The number of nitrogens with zero attached hydrogens (tertiary/aromatic N) is 4. The molecule has 0 amide bonds. The minimum absolute atomic E-state index is 0.0193. The first kappa shape index (κ1) is 13.7. The molecule has 0 spiro atoms. The topological polar surface area (TPSA) is 116 Å². The van der Waals surface area contributed by atoms with Gasteiger partial charge in [0.05, 0.1) is 17.2 Å². The van der Waals surface area contributed by atoms with E-state index in [4.69, 9.17) is 5.73 Å². The molecular formula is C8H8BrFN6O2S. The number of hydrogen-bond donors (Lipinski definition) is 2. The van der Waals surface area contributed by atoms with Crippen LogP contribution < -0.4 is 10.5 Å². The maximum Gasteiger partial charge on any atom is 0.277 e. The fraction of sp³-hybridized carbons (Fsp3) is 0.125. The predicted molar refractivity (Wildman–Crippen MR) is 68.1 cm³/mol. The second-order valence-corrected chi connectivity index (χ2v) is 6.02. The molecule has 0 bridgehead atoms. The Kier molecular flexibility index (Phi) is 3.41. The number of nitrogens with two attached hydrogens (primary N) is 1. The number of hydrogen-bond acceptors (Lipinski definition) is 6. The number of anilines is 2. The maximum atomic E-state index is 13.2. The Morgan fingerprint density at radius 2 is 2.16 bits per heavy atom. The molecule has 102 valence electrons. The summed E-state index contributed by atoms with van der Waals surface area (Å²) < 4.78 is 39.4. The standard InChI is InChI=1S/C8H8BrFN6O2S/c1-16-13-8(12-15-16)14-19(17,18)7-2-4(9)5(10)3-6(7)11/h2-3H,11H2,1H3,(H,13,14). The van der Waals surface area contributed by atoms with Crippen LogP contribution in [0.3, 0.4) is 0 Å². The Balaban J connectivity index is 2.42. The molecule has 1 aromatic carbocycles. The van der Waals surface area contributed by atoms with Crippen LogP contribution in [0.2, 0.25) is 0 Å². The molecule has 0 radical (unpaired) electrons. The first-order valence-corrected chi connectivity index (χ1v) is 7.08. The molecule has 1 aromatic heterocycles. The summed E-state index contributed by atoms with van der Waals surface area (Å²) >= 11 is 2.89. The zero-order valence-corrected chi connectivity index (χ0v) is 11.9. The van der Waals surface area contributed by atoms with E-state index in [1.807, 2.05) is 0 Å². The molecule has 0 unspecified atom stereocenters. The zero-order chi connectivity index (χ0) is 14.2. The van der Waals surface area contributed by atoms with Crippen molar-refractivity contribution < 1.29 is 12.8 Å². The van der Waals surface area contributed by atoms with Gasteiger partial charge < -0.3 is 5.73 Å². The van der Waals surface area contributed by atoms with Gasteiger partial charge in [-0.1, -0.05) is 5.10 Å². The molecule has 1 heterocycles. The minimum atomic E-state index is -4.02. The summed E-state index contributed by atoms with van der Waals surface area (Å²) in [6, 6.07) is 1.96. The Bertz CT molecular complexity index is 731. The molecule has 0 aliphatic heterocycles. The number of rotatable bonds is 3. The summed E-state index contributed by atoms with van der Waals surface area (Å²) in [5.74, 6) is -0.864. The van der Waals surface area contributed by atoms with E-state index >= 15 is 0 Å². The summed E-state index contributed by atoms with van der Waals surface area (Å²) in [5, 5.41) is 10.6. The molecule has 0 fully saturated rings. The van der Waals surface area contributed by atoms with E-state index in [0.717, 1.165) is 16.9 Å². The summed E-state index contributed by atoms with van der Waals surface area (Å²) in [7, 11) is -2.54. The van der Waals surface area contributed by atoms with Gasteiger partial charge in [-0.3, -0.25) is 0 Å². The third-order valence-electron chi connectivity index (χ3n) is 2.08. The van der Waals surface area contributed by atoms with Gasteiger partial charge in [0.1, 0.15) is 10.7 Å². The minimum Gasteiger partial charge on any atom is -0.398 e. The number of halogens is 2. The molecule has 2 rings (SSSR count). The molecular weight excluding hydrogens is 343 g/mol. The van der Waals surface area contributed by atoms with E-state index in [0.29, 0.717) is 0 Å². The lowest BCUT2D eigenvalue weighted by Gasteiger charge is -2.08. The summed E-state index contributed by atoms with van der Waals surface area (Å²) in [6.45, 7) is 0. The van der Waals surface area contributed by atoms with E-state index in [9.17, 15) is 12.8 Å². The average Bonchev–Trinajstić information content (AvgIpc) is 2.68. The van der Waals surface area contributed by atoms with Crippen molar-refractivity contribution >= 4 is 37.6 Å². The Morgan fingerprint density at radius 1 is 1.47 bits per heavy atom. The molecule has 0 atom stereocenters. The summed E-state index contributed by atoms with van der Waals surface area (Å²) in [5.41, 5.74) is 5.27. The molecule has 11 heteroatoms. The van der Waals surface area contributed by atoms with Crippen LogP contribution in [0.4, 0.5) is 16.0 Å². The third-order valence-corrected chi connectivity index (χ3v) is 4.07. The zero-order valence-electron chi connectivity index (χ0n) is 9.50. The van der Waals surface area contributed by atoms with Crippen molar-refractivity contribution in [2.45, 2.75) is 4.90 Å². The number of aromatic nitrogens is 4. The normalized spacial score (nSPS) is 11.5. The smallest absolute Gasteiger partial charge is 0.277 e. The molecule has 0 saturated carbocycles. The van der Waals surface area contributed by atoms with E-state index in [1.165, 1.54) is 7.05 Å². The van der Waals surface area contributed by atoms with Crippen molar-refractivity contribution in [3.05, 3.63) is 22.4 Å². The molecule has 0 aliphatic rings. The van der Waals surface area contributed by atoms with Gasteiger partial charge in [-0.15, -0.1) is 5.10 Å². The largest absolute Gasteiger partial charge is 0.398 e. The maximum absolute atomic E-state index is 13.2. The lowest BCUT2D eigenvalue weighted by Crippen LogP contribution is -2.16. The third kappa shape index (κ3) is 2.81.